The molecule has 2 rings (SSSR count). The summed E-state index contributed by atoms with van der Waals surface area (Å²) in [7, 11) is 0. The van der Waals surface area contributed by atoms with Crippen molar-refractivity contribution in [1.29, 1.82) is 10.5 Å². The van der Waals surface area contributed by atoms with Gasteiger partial charge in [-0.3, -0.25) is 0 Å². The predicted molar refractivity (Wildman–Crippen MR) is 66.0 cm³/mol. The molecule has 1 aliphatic rings. The molecular weight excluding hydrogens is 226 g/mol. The van der Waals surface area contributed by atoms with E-state index in [0.29, 0.717) is 11.1 Å². The SMILES string of the molecule is N#CC1=C(N)NC(N)=C(C#N)C1c1ccccc1. The highest BCUT2D eigenvalue weighted by atomic mass is 15.1. The highest BCUT2D eigenvalue weighted by Crippen LogP contribution is 2.34. The van der Waals surface area contributed by atoms with Crippen LogP contribution in [0.3, 0.4) is 0 Å². The minimum Gasteiger partial charge on any atom is -0.384 e. The Morgan fingerprint density at radius 2 is 1.44 bits per heavy atom. The molecule has 88 valence electrons. The van der Waals surface area contributed by atoms with E-state index in [1.807, 2.05) is 42.5 Å². The van der Waals surface area contributed by atoms with Crippen LogP contribution in [-0.2, 0) is 0 Å². The van der Waals surface area contributed by atoms with Crippen LogP contribution in [0.15, 0.2) is 53.1 Å². The molecule has 1 aromatic rings. The van der Waals surface area contributed by atoms with E-state index in [-0.39, 0.29) is 11.6 Å². The summed E-state index contributed by atoms with van der Waals surface area (Å²) in [6.45, 7) is 0. The summed E-state index contributed by atoms with van der Waals surface area (Å²) in [6, 6.07) is 13.3. The Bertz CT molecular complexity index is 577. The van der Waals surface area contributed by atoms with Crippen molar-refractivity contribution in [2.24, 2.45) is 11.5 Å². The van der Waals surface area contributed by atoms with Gasteiger partial charge in [-0.2, -0.15) is 10.5 Å². The Morgan fingerprint density at radius 1 is 0.944 bits per heavy atom. The maximum Gasteiger partial charge on any atom is 0.117 e. The van der Waals surface area contributed by atoms with Crippen LogP contribution in [0.2, 0.25) is 0 Å². The number of dihydropyridines is 1. The van der Waals surface area contributed by atoms with Crippen molar-refractivity contribution in [3.8, 4) is 12.1 Å². The monoisotopic (exact) mass is 237 g/mol. The lowest BCUT2D eigenvalue weighted by molar-refractivity contribution is 0.793. The number of rotatable bonds is 1. The van der Waals surface area contributed by atoms with Gasteiger partial charge in [0.1, 0.15) is 11.6 Å². The number of nitriles is 2. The quantitative estimate of drug-likeness (QED) is 0.667. The highest BCUT2D eigenvalue weighted by Gasteiger charge is 2.30. The van der Waals surface area contributed by atoms with Crippen molar-refractivity contribution in [2.45, 2.75) is 5.92 Å². The van der Waals surface area contributed by atoms with Gasteiger partial charge in [0.05, 0.1) is 29.2 Å². The topological polar surface area (TPSA) is 112 Å². The first-order chi connectivity index (χ1) is 8.69. The summed E-state index contributed by atoms with van der Waals surface area (Å²) in [5.41, 5.74) is 12.9. The van der Waals surface area contributed by atoms with E-state index < -0.39 is 5.92 Å². The lowest BCUT2D eigenvalue weighted by atomic mass is 9.83. The maximum atomic E-state index is 9.19. The van der Waals surface area contributed by atoms with Crippen molar-refractivity contribution in [1.82, 2.24) is 5.32 Å². The molecule has 5 N–H and O–H groups in total. The van der Waals surface area contributed by atoms with Crippen molar-refractivity contribution in [2.75, 3.05) is 0 Å². The van der Waals surface area contributed by atoms with Gasteiger partial charge in [0.2, 0.25) is 0 Å². The highest BCUT2D eigenvalue weighted by molar-refractivity contribution is 5.54. The Kier molecular flexibility index (Phi) is 2.90. The Balaban J connectivity index is 2.62. The molecule has 0 radical (unpaired) electrons. The minimum atomic E-state index is -0.498. The summed E-state index contributed by atoms with van der Waals surface area (Å²) in [5, 5.41) is 21.0. The molecule has 1 aliphatic heterocycles. The van der Waals surface area contributed by atoms with E-state index in [0.717, 1.165) is 5.56 Å². The van der Waals surface area contributed by atoms with E-state index in [1.54, 1.807) is 0 Å². The smallest absolute Gasteiger partial charge is 0.117 e. The largest absolute Gasteiger partial charge is 0.384 e. The number of hydrogen-bond donors (Lipinski definition) is 3. The van der Waals surface area contributed by atoms with E-state index in [2.05, 4.69) is 5.32 Å². The lowest BCUT2D eigenvalue weighted by Crippen LogP contribution is -2.34. The summed E-state index contributed by atoms with van der Waals surface area (Å²) in [4.78, 5) is 0. The molecular formula is C13H11N5. The molecule has 0 spiro atoms. The van der Waals surface area contributed by atoms with Gasteiger partial charge in [-0.05, 0) is 5.56 Å². The van der Waals surface area contributed by atoms with E-state index in [9.17, 15) is 10.5 Å². The fourth-order valence-electron chi connectivity index (χ4n) is 1.96. The van der Waals surface area contributed by atoms with Crippen LogP contribution >= 0.6 is 0 Å². The van der Waals surface area contributed by atoms with Gasteiger partial charge in [-0.15, -0.1) is 0 Å². The standard InChI is InChI=1S/C13H11N5/c14-6-9-11(8-4-2-1-3-5-8)10(7-15)13(17)18-12(9)16/h1-5,11,18H,16-17H2. The van der Waals surface area contributed by atoms with Gasteiger partial charge >= 0.3 is 0 Å². The molecule has 0 fully saturated rings. The summed E-state index contributed by atoms with van der Waals surface area (Å²) >= 11 is 0. The number of hydrogen-bond acceptors (Lipinski definition) is 5. The van der Waals surface area contributed by atoms with Crippen LogP contribution in [0.4, 0.5) is 0 Å². The number of nitrogens with two attached hydrogens (primary N) is 2. The van der Waals surface area contributed by atoms with Gasteiger partial charge < -0.3 is 16.8 Å². The third-order valence-electron chi connectivity index (χ3n) is 2.80. The zero-order valence-electron chi connectivity index (χ0n) is 9.51. The molecule has 1 heterocycles. The number of allylic oxidation sites excluding steroid dienone is 2. The van der Waals surface area contributed by atoms with Crippen LogP contribution in [0.25, 0.3) is 0 Å². The van der Waals surface area contributed by atoms with Gasteiger partial charge in [-0.25, -0.2) is 0 Å². The van der Waals surface area contributed by atoms with Crippen molar-refractivity contribution in [3.05, 3.63) is 58.7 Å². The first-order valence-corrected chi connectivity index (χ1v) is 5.30. The first kappa shape index (κ1) is 11.6. The second-order valence-corrected chi connectivity index (χ2v) is 3.85. The first-order valence-electron chi connectivity index (χ1n) is 5.30. The van der Waals surface area contributed by atoms with Crippen LogP contribution in [0, 0.1) is 22.7 Å². The molecule has 5 heteroatoms. The third-order valence-corrected chi connectivity index (χ3v) is 2.80. The minimum absolute atomic E-state index is 0.197. The molecule has 0 unspecified atom stereocenters. The van der Waals surface area contributed by atoms with E-state index >= 15 is 0 Å². The molecule has 0 saturated carbocycles. The molecule has 0 atom stereocenters. The second-order valence-electron chi connectivity index (χ2n) is 3.85. The average molecular weight is 237 g/mol. The van der Waals surface area contributed by atoms with Gasteiger partial charge in [-0.1, -0.05) is 30.3 Å². The number of nitrogens with one attached hydrogen (secondary N) is 1. The van der Waals surface area contributed by atoms with Gasteiger partial charge in [0.15, 0.2) is 0 Å². The maximum absolute atomic E-state index is 9.19. The molecule has 0 aromatic heterocycles. The third kappa shape index (κ3) is 1.74. The van der Waals surface area contributed by atoms with Crippen LogP contribution in [-0.4, -0.2) is 0 Å². The predicted octanol–water partition coefficient (Wildman–Crippen LogP) is 0.761. The van der Waals surface area contributed by atoms with Crippen LogP contribution in [0.5, 0.6) is 0 Å². The Morgan fingerprint density at radius 3 is 1.89 bits per heavy atom. The number of nitrogens with zero attached hydrogens (tertiary/aromatic N) is 2. The number of benzene rings is 1. The molecule has 18 heavy (non-hydrogen) atoms. The van der Waals surface area contributed by atoms with Gasteiger partial charge in [0.25, 0.3) is 0 Å². The molecule has 0 saturated heterocycles. The fourth-order valence-corrected chi connectivity index (χ4v) is 1.96. The summed E-state index contributed by atoms with van der Waals surface area (Å²) in [5.74, 6) is -0.104. The Labute approximate surface area is 105 Å². The zero-order chi connectivity index (χ0) is 13.1. The normalized spacial score (nSPS) is 15.9. The van der Waals surface area contributed by atoms with Crippen LogP contribution in [0.1, 0.15) is 11.5 Å². The molecule has 0 bridgehead atoms. The van der Waals surface area contributed by atoms with Crippen molar-refractivity contribution >= 4 is 0 Å². The van der Waals surface area contributed by atoms with Gasteiger partial charge in [0, 0.05) is 0 Å². The molecule has 5 nitrogen and oxygen atoms in total. The zero-order valence-corrected chi connectivity index (χ0v) is 9.51. The summed E-state index contributed by atoms with van der Waals surface area (Å²) in [6.07, 6.45) is 0. The fraction of sp³-hybridized carbons (Fsp3) is 0.0769. The lowest BCUT2D eigenvalue weighted by Gasteiger charge is -2.25. The average Bonchev–Trinajstić information content (AvgIpc) is 2.39. The molecule has 1 aromatic carbocycles. The van der Waals surface area contributed by atoms with E-state index in [4.69, 9.17) is 11.5 Å². The summed E-state index contributed by atoms with van der Waals surface area (Å²) < 4.78 is 0. The molecule has 0 amide bonds. The Hall–Kier alpha value is -2.92. The van der Waals surface area contributed by atoms with Crippen molar-refractivity contribution in [3.63, 3.8) is 0 Å². The van der Waals surface area contributed by atoms with Crippen LogP contribution < -0.4 is 16.8 Å². The molecule has 0 aliphatic carbocycles. The van der Waals surface area contributed by atoms with E-state index in [1.165, 1.54) is 0 Å². The second kappa shape index (κ2) is 4.52. The van der Waals surface area contributed by atoms with Crippen molar-refractivity contribution < 1.29 is 0 Å².